The van der Waals surface area contributed by atoms with E-state index in [0.717, 1.165) is 22.5 Å². The van der Waals surface area contributed by atoms with E-state index in [-0.39, 0.29) is 6.61 Å². The SMILES string of the molecule is Cc1cc(N)nc(C)c1CNc1cc(OCc2cn3cc(C4CC4)cc(C#N)c3n2)ncn1. The van der Waals surface area contributed by atoms with Crippen LogP contribution in [-0.4, -0.2) is 24.3 Å². The van der Waals surface area contributed by atoms with Crippen LogP contribution in [0.3, 0.4) is 0 Å². The number of hydrogen-bond donors (Lipinski definition) is 2. The number of hydrogen-bond acceptors (Lipinski definition) is 8. The van der Waals surface area contributed by atoms with Crippen LogP contribution >= 0.6 is 0 Å². The first-order valence-corrected chi connectivity index (χ1v) is 10.8. The highest BCUT2D eigenvalue weighted by atomic mass is 16.5. The van der Waals surface area contributed by atoms with Gasteiger partial charge in [-0.05, 0) is 61.4 Å². The van der Waals surface area contributed by atoms with Crippen molar-refractivity contribution in [3.63, 3.8) is 0 Å². The smallest absolute Gasteiger partial charge is 0.218 e. The maximum atomic E-state index is 9.52. The fourth-order valence-electron chi connectivity index (χ4n) is 3.96. The summed E-state index contributed by atoms with van der Waals surface area (Å²) in [6.45, 7) is 4.75. The molecule has 3 N–H and O–H groups in total. The lowest BCUT2D eigenvalue weighted by atomic mass is 10.1. The zero-order valence-electron chi connectivity index (χ0n) is 18.5. The molecule has 0 amide bonds. The van der Waals surface area contributed by atoms with E-state index < -0.39 is 0 Å². The summed E-state index contributed by atoms with van der Waals surface area (Å²) < 4.78 is 7.78. The minimum atomic E-state index is 0.238. The summed E-state index contributed by atoms with van der Waals surface area (Å²) in [5.74, 6) is 2.16. The molecule has 0 aliphatic heterocycles. The molecule has 0 unspecified atom stereocenters. The highest BCUT2D eigenvalue weighted by Gasteiger charge is 2.25. The number of nitrogens with zero attached hydrogens (tertiary/aromatic N) is 6. The van der Waals surface area contributed by atoms with E-state index in [4.69, 9.17) is 10.5 Å². The average molecular weight is 441 g/mol. The molecule has 1 aliphatic rings. The van der Waals surface area contributed by atoms with Gasteiger partial charge in [-0.15, -0.1) is 0 Å². The highest BCUT2D eigenvalue weighted by molar-refractivity contribution is 5.57. The predicted molar refractivity (Wildman–Crippen MR) is 124 cm³/mol. The maximum Gasteiger partial charge on any atom is 0.218 e. The Morgan fingerprint density at radius 2 is 2.03 bits per heavy atom. The van der Waals surface area contributed by atoms with Gasteiger partial charge in [-0.2, -0.15) is 5.26 Å². The highest BCUT2D eigenvalue weighted by Crippen LogP contribution is 2.40. The lowest BCUT2D eigenvalue weighted by Gasteiger charge is -2.12. The number of aryl methyl sites for hydroxylation is 2. The Balaban J connectivity index is 1.28. The third-order valence-corrected chi connectivity index (χ3v) is 5.82. The van der Waals surface area contributed by atoms with Crippen molar-refractivity contribution < 1.29 is 4.74 Å². The van der Waals surface area contributed by atoms with Crippen LogP contribution in [0.2, 0.25) is 0 Å². The van der Waals surface area contributed by atoms with Crippen LogP contribution < -0.4 is 15.8 Å². The molecule has 5 rings (SSSR count). The second-order valence-corrected chi connectivity index (χ2v) is 8.35. The van der Waals surface area contributed by atoms with Gasteiger partial charge in [0.15, 0.2) is 5.65 Å². The van der Waals surface area contributed by atoms with Gasteiger partial charge < -0.3 is 20.2 Å². The number of nitrogen functional groups attached to an aromatic ring is 1. The third kappa shape index (κ3) is 4.41. The van der Waals surface area contributed by atoms with E-state index in [2.05, 4.69) is 37.5 Å². The molecule has 4 aromatic rings. The fourth-order valence-corrected chi connectivity index (χ4v) is 3.96. The van der Waals surface area contributed by atoms with E-state index in [1.165, 1.54) is 24.7 Å². The molecule has 4 heterocycles. The molecule has 0 bridgehead atoms. The molecule has 33 heavy (non-hydrogen) atoms. The van der Waals surface area contributed by atoms with E-state index in [1.807, 2.05) is 36.6 Å². The summed E-state index contributed by atoms with van der Waals surface area (Å²) in [7, 11) is 0. The number of imidazole rings is 1. The largest absolute Gasteiger partial charge is 0.471 e. The first-order valence-electron chi connectivity index (χ1n) is 10.8. The molecule has 1 aliphatic carbocycles. The van der Waals surface area contributed by atoms with Crippen LogP contribution in [0.15, 0.2) is 36.9 Å². The van der Waals surface area contributed by atoms with Crippen molar-refractivity contribution in [2.75, 3.05) is 11.1 Å². The number of anilines is 2. The van der Waals surface area contributed by atoms with E-state index >= 15 is 0 Å². The topological polar surface area (TPSA) is 127 Å². The van der Waals surface area contributed by atoms with Crippen LogP contribution in [0.25, 0.3) is 5.65 Å². The van der Waals surface area contributed by atoms with Crippen molar-refractivity contribution in [2.45, 2.75) is 45.8 Å². The van der Waals surface area contributed by atoms with Crippen molar-refractivity contribution in [3.8, 4) is 11.9 Å². The first-order chi connectivity index (χ1) is 16.0. The molecule has 4 aromatic heterocycles. The minimum Gasteiger partial charge on any atom is -0.471 e. The Labute approximate surface area is 191 Å². The Bertz CT molecular complexity index is 1360. The second-order valence-electron chi connectivity index (χ2n) is 8.35. The minimum absolute atomic E-state index is 0.238. The number of aromatic nitrogens is 5. The molecule has 166 valence electrons. The number of rotatable bonds is 7. The molecule has 9 heteroatoms. The summed E-state index contributed by atoms with van der Waals surface area (Å²) in [5, 5.41) is 12.8. The van der Waals surface area contributed by atoms with Gasteiger partial charge in [-0.1, -0.05) is 0 Å². The number of nitriles is 1. The molecule has 0 spiro atoms. The van der Waals surface area contributed by atoms with Gasteiger partial charge in [0.2, 0.25) is 5.88 Å². The van der Waals surface area contributed by atoms with Crippen molar-refractivity contribution in [1.29, 1.82) is 5.26 Å². The van der Waals surface area contributed by atoms with E-state index in [1.54, 1.807) is 6.07 Å². The van der Waals surface area contributed by atoms with Gasteiger partial charge in [0, 0.05) is 30.7 Å². The van der Waals surface area contributed by atoms with Crippen molar-refractivity contribution in [2.24, 2.45) is 0 Å². The number of pyridine rings is 2. The Hall–Kier alpha value is -4.19. The van der Waals surface area contributed by atoms with Crippen molar-refractivity contribution in [3.05, 3.63) is 70.6 Å². The van der Waals surface area contributed by atoms with Gasteiger partial charge in [-0.25, -0.2) is 19.9 Å². The fraction of sp³-hybridized carbons (Fsp3) is 0.292. The molecule has 1 fully saturated rings. The maximum absolute atomic E-state index is 9.52. The van der Waals surface area contributed by atoms with Crippen LogP contribution in [0.5, 0.6) is 5.88 Å². The van der Waals surface area contributed by atoms with Gasteiger partial charge >= 0.3 is 0 Å². The summed E-state index contributed by atoms with van der Waals surface area (Å²) >= 11 is 0. The van der Waals surface area contributed by atoms with Gasteiger partial charge in [-0.3, -0.25) is 0 Å². The summed E-state index contributed by atoms with van der Waals surface area (Å²) in [6.07, 6.45) is 7.78. The lowest BCUT2D eigenvalue weighted by molar-refractivity contribution is 0.289. The predicted octanol–water partition coefficient (Wildman–Crippen LogP) is 3.66. The molecule has 0 aromatic carbocycles. The van der Waals surface area contributed by atoms with Gasteiger partial charge in [0.05, 0.1) is 11.3 Å². The zero-order valence-corrected chi connectivity index (χ0v) is 18.5. The number of ether oxygens (including phenoxy) is 1. The Morgan fingerprint density at radius 3 is 2.79 bits per heavy atom. The quantitative estimate of drug-likeness (QED) is 0.446. The van der Waals surface area contributed by atoms with Crippen molar-refractivity contribution in [1.82, 2.24) is 24.3 Å². The Morgan fingerprint density at radius 1 is 1.18 bits per heavy atom. The monoisotopic (exact) mass is 440 g/mol. The molecule has 9 nitrogen and oxygen atoms in total. The van der Waals surface area contributed by atoms with E-state index in [0.29, 0.717) is 41.2 Å². The molecule has 0 radical (unpaired) electrons. The number of nitrogens with two attached hydrogens (primary N) is 1. The first kappa shape index (κ1) is 20.7. The molecular formula is C24H24N8O. The molecular weight excluding hydrogens is 416 g/mol. The molecule has 0 saturated heterocycles. The molecule has 1 saturated carbocycles. The second kappa shape index (κ2) is 8.39. The van der Waals surface area contributed by atoms with Crippen LogP contribution in [0.4, 0.5) is 11.6 Å². The standard InChI is InChI=1S/C24H24N8O/c1-14-5-21(26)30-15(2)20(14)9-27-22-7-23(29-13-28-22)33-12-19-11-32-10-18(16-3-4-16)6-17(8-25)24(32)31-19/h5-7,10-11,13,16H,3-4,9,12H2,1-2H3,(H2,26,30)(H,27,28,29). The van der Waals surface area contributed by atoms with Gasteiger partial charge in [0.25, 0.3) is 0 Å². The normalized spacial score (nSPS) is 13.1. The van der Waals surface area contributed by atoms with Crippen LogP contribution in [-0.2, 0) is 13.2 Å². The summed E-state index contributed by atoms with van der Waals surface area (Å²) in [5.41, 5.74) is 12.0. The average Bonchev–Trinajstić information content (AvgIpc) is 3.56. The van der Waals surface area contributed by atoms with Gasteiger partial charge in [0.1, 0.15) is 30.6 Å². The molecule has 0 atom stereocenters. The number of nitrogens with one attached hydrogen (secondary N) is 1. The van der Waals surface area contributed by atoms with Crippen LogP contribution in [0, 0.1) is 25.2 Å². The third-order valence-electron chi connectivity index (χ3n) is 5.82. The summed E-state index contributed by atoms with van der Waals surface area (Å²) in [4.78, 5) is 17.4. The Kier molecular flexibility index (Phi) is 5.26. The van der Waals surface area contributed by atoms with Crippen molar-refractivity contribution >= 4 is 17.3 Å². The van der Waals surface area contributed by atoms with Crippen LogP contribution in [0.1, 0.15) is 52.4 Å². The number of fused-ring (bicyclic) bond motifs is 1. The lowest BCUT2D eigenvalue weighted by Crippen LogP contribution is -2.08. The van der Waals surface area contributed by atoms with E-state index in [9.17, 15) is 5.26 Å². The zero-order chi connectivity index (χ0) is 22.9. The summed E-state index contributed by atoms with van der Waals surface area (Å²) in [6, 6.07) is 7.82.